The molecule has 1 N–H and O–H groups in total. The molecule has 1 heterocycles. The quantitative estimate of drug-likeness (QED) is 0.501. The van der Waals surface area contributed by atoms with Crippen molar-refractivity contribution in [3.05, 3.63) is 53.6 Å². The minimum Gasteiger partial charge on any atom is -0.496 e. The summed E-state index contributed by atoms with van der Waals surface area (Å²) in [6.45, 7) is 0.599. The standard InChI is InChI=1S/C25H30N2O7/c1-31-20-7-5-4-6-18(20)14-26-23(28)16-34-25(30)19-13-24(29)27(15-19)11-10-17-8-9-21(32-2)22(12-17)33-3/h4-9,12,19H,10-11,13-16H2,1-3H3,(H,26,28). The van der Waals surface area contributed by atoms with Gasteiger partial charge in [0, 0.05) is 31.6 Å². The Labute approximate surface area is 198 Å². The van der Waals surface area contributed by atoms with Crippen LogP contribution in [-0.4, -0.2) is 63.7 Å². The summed E-state index contributed by atoms with van der Waals surface area (Å²) in [5.41, 5.74) is 1.80. The van der Waals surface area contributed by atoms with E-state index < -0.39 is 24.4 Å². The molecule has 0 radical (unpaired) electrons. The number of likely N-dealkylation sites (tertiary alicyclic amines) is 1. The number of carbonyl (C=O) groups is 3. The molecule has 34 heavy (non-hydrogen) atoms. The molecule has 0 spiro atoms. The molecule has 0 aromatic heterocycles. The van der Waals surface area contributed by atoms with Crippen LogP contribution in [0.5, 0.6) is 17.2 Å². The van der Waals surface area contributed by atoms with Crippen molar-refractivity contribution in [1.82, 2.24) is 10.2 Å². The molecule has 0 aliphatic carbocycles. The molecular formula is C25H30N2O7. The van der Waals surface area contributed by atoms with Crippen LogP contribution in [0.25, 0.3) is 0 Å². The summed E-state index contributed by atoms with van der Waals surface area (Å²) in [6.07, 6.45) is 0.687. The van der Waals surface area contributed by atoms with Crippen molar-refractivity contribution in [2.45, 2.75) is 19.4 Å². The van der Waals surface area contributed by atoms with Crippen molar-refractivity contribution in [2.75, 3.05) is 41.0 Å². The van der Waals surface area contributed by atoms with E-state index in [-0.39, 0.29) is 25.4 Å². The van der Waals surface area contributed by atoms with Gasteiger partial charge in [-0.15, -0.1) is 0 Å². The first-order chi connectivity index (χ1) is 16.4. The summed E-state index contributed by atoms with van der Waals surface area (Å²) in [5.74, 6) is 0.264. The SMILES string of the molecule is COc1ccccc1CNC(=O)COC(=O)C1CC(=O)N(CCc2ccc(OC)c(OC)c2)C1. The van der Waals surface area contributed by atoms with Crippen LogP contribution < -0.4 is 19.5 Å². The van der Waals surface area contributed by atoms with Crippen molar-refractivity contribution in [1.29, 1.82) is 0 Å². The van der Waals surface area contributed by atoms with Gasteiger partial charge in [0.15, 0.2) is 18.1 Å². The third-order valence-electron chi connectivity index (χ3n) is 5.68. The number of ether oxygens (including phenoxy) is 4. The molecule has 1 aliphatic heterocycles. The maximum Gasteiger partial charge on any atom is 0.311 e. The van der Waals surface area contributed by atoms with Gasteiger partial charge in [0.25, 0.3) is 5.91 Å². The summed E-state index contributed by atoms with van der Waals surface area (Å²) in [7, 11) is 4.70. The number of hydrogen-bond donors (Lipinski definition) is 1. The monoisotopic (exact) mass is 470 g/mol. The molecule has 1 aliphatic rings. The third kappa shape index (κ3) is 6.40. The molecule has 0 saturated carbocycles. The Morgan fingerprint density at radius 2 is 1.74 bits per heavy atom. The van der Waals surface area contributed by atoms with Crippen LogP contribution in [0.3, 0.4) is 0 Å². The van der Waals surface area contributed by atoms with Crippen LogP contribution in [0.4, 0.5) is 0 Å². The summed E-state index contributed by atoms with van der Waals surface area (Å²) < 4.78 is 21.0. The van der Waals surface area contributed by atoms with E-state index in [0.29, 0.717) is 30.2 Å². The van der Waals surface area contributed by atoms with Gasteiger partial charge < -0.3 is 29.2 Å². The van der Waals surface area contributed by atoms with Crippen molar-refractivity contribution in [3.8, 4) is 17.2 Å². The molecule has 182 valence electrons. The second-order valence-electron chi connectivity index (χ2n) is 7.88. The smallest absolute Gasteiger partial charge is 0.311 e. The number of methoxy groups -OCH3 is 3. The molecule has 1 atom stereocenters. The lowest BCUT2D eigenvalue weighted by atomic mass is 10.1. The van der Waals surface area contributed by atoms with E-state index in [9.17, 15) is 14.4 Å². The number of para-hydroxylation sites is 1. The highest BCUT2D eigenvalue weighted by Gasteiger charge is 2.35. The minimum absolute atomic E-state index is 0.0770. The number of benzene rings is 2. The predicted molar refractivity (Wildman–Crippen MR) is 124 cm³/mol. The average molecular weight is 471 g/mol. The highest BCUT2D eigenvalue weighted by atomic mass is 16.5. The van der Waals surface area contributed by atoms with Crippen LogP contribution >= 0.6 is 0 Å². The summed E-state index contributed by atoms with van der Waals surface area (Å²) >= 11 is 0. The van der Waals surface area contributed by atoms with E-state index in [1.54, 1.807) is 32.3 Å². The van der Waals surface area contributed by atoms with Crippen molar-refractivity contribution >= 4 is 17.8 Å². The Kier molecular flexibility index (Phi) is 8.73. The number of rotatable bonds is 11. The number of nitrogens with one attached hydrogen (secondary N) is 1. The lowest BCUT2D eigenvalue weighted by molar-refractivity contribution is -0.152. The van der Waals surface area contributed by atoms with Crippen molar-refractivity contribution < 1.29 is 33.3 Å². The van der Waals surface area contributed by atoms with E-state index in [1.807, 2.05) is 36.4 Å². The van der Waals surface area contributed by atoms with Gasteiger partial charge in [0.2, 0.25) is 5.91 Å². The van der Waals surface area contributed by atoms with Gasteiger partial charge in [-0.05, 0) is 30.2 Å². The maximum absolute atomic E-state index is 12.4. The first kappa shape index (κ1) is 24.9. The maximum atomic E-state index is 12.4. The van der Waals surface area contributed by atoms with Crippen molar-refractivity contribution in [3.63, 3.8) is 0 Å². The molecule has 2 aromatic carbocycles. The predicted octanol–water partition coefficient (Wildman–Crippen LogP) is 1.96. The Balaban J connectivity index is 1.43. The van der Waals surface area contributed by atoms with Crippen LogP contribution in [0.15, 0.2) is 42.5 Å². The minimum atomic E-state index is -0.583. The number of carbonyl (C=O) groups excluding carboxylic acids is 3. The Hall–Kier alpha value is -3.75. The second-order valence-corrected chi connectivity index (χ2v) is 7.88. The average Bonchev–Trinajstić information content (AvgIpc) is 3.24. The summed E-state index contributed by atoms with van der Waals surface area (Å²) in [5, 5.41) is 2.70. The molecule has 1 unspecified atom stereocenters. The van der Waals surface area contributed by atoms with E-state index in [0.717, 1.165) is 11.1 Å². The number of amides is 2. The summed E-state index contributed by atoms with van der Waals surface area (Å²) in [6, 6.07) is 12.9. The Bertz CT molecular complexity index is 1020. The van der Waals surface area contributed by atoms with Gasteiger partial charge in [-0.1, -0.05) is 24.3 Å². The summed E-state index contributed by atoms with van der Waals surface area (Å²) in [4.78, 5) is 38.5. The molecule has 1 saturated heterocycles. The van der Waals surface area contributed by atoms with Crippen molar-refractivity contribution in [2.24, 2.45) is 5.92 Å². The van der Waals surface area contributed by atoms with Crippen LogP contribution in [0.2, 0.25) is 0 Å². The van der Waals surface area contributed by atoms with Crippen LogP contribution in [-0.2, 0) is 32.1 Å². The fraction of sp³-hybridized carbons (Fsp3) is 0.400. The zero-order chi connectivity index (χ0) is 24.5. The highest BCUT2D eigenvalue weighted by molar-refractivity contribution is 5.88. The second kappa shape index (κ2) is 11.9. The molecule has 9 nitrogen and oxygen atoms in total. The lowest BCUT2D eigenvalue weighted by Gasteiger charge is -2.17. The van der Waals surface area contributed by atoms with Gasteiger partial charge >= 0.3 is 5.97 Å². The molecular weight excluding hydrogens is 440 g/mol. The normalized spacial score (nSPS) is 15.1. The van der Waals surface area contributed by atoms with Gasteiger partial charge in [-0.3, -0.25) is 14.4 Å². The van der Waals surface area contributed by atoms with E-state index >= 15 is 0 Å². The third-order valence-corrected chi connectivity index (χ3v) is 5.68. The van der Waals surface area contributed by atoms with Gasteiger partial charge in [0.05, 0.1) is 27.2 Å². The van der Waals surface area contributed by atoms with Crippen LogP contribution in [0.1, 0.15) is 17.5 Å². The highest BCUT2D eigenvalue weighted by Crippen LogP contribution is 2.28. The number of hydrogen-bond acceptors (Lipinski definition) is 7. The first-order valence-corrected chi connectivity index (χ1v) is 11.0. The molecule has 2 aromatic rings. The number of nitrogens with zero attached hydrogens (tertiary/aromatic N) is 1. The molecule has 3 rings (SSSR count). The van der Waals surface area contributed by atoms with E-state index in [2.05, 4.69) is 5.32 Å². The molecule has 2 amide bonds. The van der Waals surface area contributed by atoms with Gasteiger partial charge in [-0.2, -0.15) is 0 Å². The van der Waals surface area contributed by atoms with Gasteiger partial charge in [-0.25, -0.2) is 0 Å². The Morgan fingerprint density at radius 1 is 1.00 bits per heavy atom. The zero-order valence-electron chi connectivity index (χ0n) is 19.7. The van der Waals surface area contributed by atoms with Gasteiger partial charge in [0.1, 0.15) is 5.75 Å². The largest absolute Gasteiger partial charge is 0.496 e. The fourth-order valence-corrected chi connectivity index (χ4v) is 3.79. The number of esters is 1. The Morgan fingerprint density at radius 3 is 2.47 bits per heavy atom. The van der Waals surface area contributed by atoms with E-state index in [1.165, 1.54) is 0 Å². The van der Waals surface area contributed by atoms with E-state index in [4.69, 9.17) is 18.9 Å². The fourth-order valence-electron chi connectivity index (χ4n) is 3.79. The first-order valence-electron chi connectivity index (χ1n) is 11.0. The topological polar surface area (TPSA) is 103 Å². The van der Waals surface area contributed by atoms with Crippen LogP contribution in [0, 0.1) is 5.92 Å². The molecule has 9 heteroatoms. The lowest BCUT2D eigenvalue weighted by Crippen LogP contribution is -2.31. The zero-order valence-corrected chi connectivity index (χ0v) is 19.7. The molecule has 0 bridgehead atoms. The molecule has 1 fully saturated rings.